The van der Waals surface area contributed by atoms with E-state index in [1.54, 1.807) is 0 Å². The monoisotopic (exact) mass is 284 g/mol. The van der Waals surface area contributed by atoms with Gasteiger partial charge in [-0.25, -0.2) is 18.4 Å². The van der Waals surface area contributed by atoms with Gasteiger partial charge in [0.1, 0.15) is 17.7 Å². The molecule has 1 aromatic carbocycles. The molecule has 0 saturated carbocycles. The van der Waals surface area contributed by atoms with Gasteiger partial charge in [-0.05, 0) is 25.0 Å². The van der Waals surface area contributed by atoms with Gasteiger partial charge in [-0.3, -0.25) is 0 Å². The number of hydrogen-bond acceptors (Lipinski definition) is 2. The summed E-state index contributed by atoms with van der Waals surface area (Å²) in [7, 11) is 0. The SMILES string of the molecule is O=C(O)[C@@H]1CCCN1C(=O)NCc1c(F)cccc1F. The van der Waals surface area contributed by atoms with Crippen molar-refractivity contribution in [1.29, 1.82) is 0 Å². The molecular weight excluding hydrogens is 270 g/mol. The average molecular weight is 284 g/mol. The van der Waals surface area contributed by atoms with Crippen molar-refractivity contribution < 1.29 is 23.5 Å². The predicted molar refractivity (Wildman–Crippen MR) is 66.0 cm³/mol. The third-order valence-corrected chi connectivity index (χ3v) is 3.28. The van der Waals surface area contributed by atoms with E-state index in [0.29, 0.717) is 19.4 Å². The smallest absolute Gasteiger partial charge is 0.326 e. The second kappa shape index (κ2) is 5.85. The Morgan fingerprint density at radius 3 is 2.60 bits per heavy atom. The van der Waals surface area contributed by atoms with Crippen LogP contribution in [0.1, 0.15) is 18.4 Å². The Balaban J connectivity index is 2.00. The Kier molecular flexibility index (Phi) is 4.16. The summed E-state index contributed by atoms with van der Waals surface area (Å²) in [5.41, 5.74) is -0.244. The van der Waals surface area contributed by atoms with Gasteiger partial charge in [-0.1, -0.05) is 6.07 Å². The lowest BCUT2D eigenvalue weighted by molar-refractivity contribution is -0.141. The van der Waals surface area contributed by atoms with Crippen LogP contribution in [0, 0.1) is 11.6 Å². The highest BCUT2D eigenvalue weighted by Gasteiger charge is 2.33. The molecule has 2 amide bonds. The third-order valence-electron chi connectivity index (χ3n) is 3.28. The molecule has 1 heterocycles. The Hall–Kier alpha value is -2.18. The first-order chi connectivity index (χ1) is 9.50. The summed E-state index contributed by atoms with van der Waals surface area (Å²) in [5.74, 6) is -2.57. The van der Waals surface area contributed by atoms with E-state index >= 15 is 0 Å². The summed E-state index contributed by atoms with van der Waals surface area (Å²) in [6.45, 7) is 0.00271. The van der Waals surface area contributed by atoms with Crippen molar-refractivity contribution in [3.8, 4) is 0 Å². The molecule has 20 heavy (non-hydrogen) atoms. The molecule has 0 bridgehead atoms. The van der Waals surface area contributed by atoms with E-state index < -0.39 is 29.7 Å². The van der Waals surface area contributed by atoms with Crippen LogP contribution in [0.25, 0.3) is 0 Å². The Labute approximate surface area is 114 Å². The molecule has 1 aliphatic heterocycles. The zero-order valence-corrected chi connectivity index (χ0v) is 10.6. The number of carboxylic acids is 1. The van der Waals surface area contributed by atoms with Gasteiger partial charge in [0.2, 0.25) is 0 Å². The van der Waals surface area contributed by atoms with Crippen molar-refractivity contribution in [3.05, 3.63) is 35.4 Å². The molecule has 0 spiro atoms. The summed E-state index contributed by atoms with van der Waals surface area (Å²) >= 11 is 0. The van der Waals surface area contributed by atoms with Gasteiger partial charge in [-0.15, -0.1) is 0 Å². The van der Waals surface area contributed by atoms with Gasteiger partial charge < -0.3 is 15.3 Å². The maximum atomic E-state index is 13.4. The van der Waals surface area contributed by atoms with E-state index in [2.05, 4.69) is 5.32 Å². The van der Waals surface area contributed by atoms with Crippen molar-refractivity contribution in [1.82, 2.24) is 10.2 Å². The van der Waals surface area contributed by atoms with Crippen LogP contribution >= 0.6 is 0 Å². The minimum absolute atomic E-state index is 0.244. The lowest BCUT2D eigenvalue weighted by Gasteiger charge is -2.21. The van der Waals surface area contributed by atoms with Crippen LogP contribution in [0.5, 0.6) is 0 Å². The Morgan fingerprint density at radius 2 is 2.00 bits per heavy atom. The molecule has 1 saturated heterocycles. The molecule has 1 aromatic rings. The molecule has 1 atom stereocenters. The van der Waals surface area contributed by atoms with Crippen molar-refractivity contribution >= 4 is 12.0 Å². The third kappa shape index (κ3) is 2.87. The van der Waals surface area contributed by atoms with Crippen LogP contribution in [0.2, 0.25) is 0 Å². The van der Waals surface area contributed by atoms with Crippen LogP contribution in [0.4, 0.5) is 13.6 Å². The molecule has 0 aromatic heterocycles. The minimum Gasteiger partial charge on any atom is -0.480 e. The maximum Gasteiger partial charge on any atom is 0.326 e. The average Bonchev–Trinajstić information content (AvgIpc) is 2.87. The fourth-order valence-electron chi connectivity index (χ4n) is 2.23. The van der Waals surface area contributed by atoms with Gasteiger partial charge in [-0.2, -0.15) is 0 Å². The quantitative estimate of drug-likeness (QED) is 0.888. The van der Waals surface area contributed by atoms with E-state index in [1.165, 1.54) is 11.0 Å². The molecule has 5 nitrogen and oxygen atoms in total. The number of carbonyl (C=O) groups excluding carboxylic acids is 1. The zero-order valence-electron chi connectivity index (χ0n) is 10.6. The van der Waals surface area contributed by atoms with Crippen molar-refractivity contribution in [2.45, 2.75) is 25.4 Å². The topological polar surface area (TPSA) is 69.6 Å². The van der Waals surface area contributed by atoms with Crippen molar-refractivity contribution in [2.75, 3.05) is 6.54 Å². The van der Waals surface area contributed by atoms with E-state index in [-0.39, 0.29) is 12.1 Å². The summed E-state index contributed by atoms with van der Waals surface area (Å²) < 4.78 is 26.8. The van der Waals surface area contributed by atoms with Gasteiger partial charge >= 0.3 is 12.0 Å². The van der Waals surface area contributed by atoms with Gasteiger partial charge in [0.15, 0.2) is 0 Å². The molecule has 0 unspecified atom stereocenters. The largest absolute Gasteiger partial charge is 0.480 e. The first-order valence-electron chi connectivity index (χ1n) is 6.21. The number of aliphatic carboxylic acids is 1. The molecule has 1 fully saturated rings. The zero-order chi connectivity index (χ0) is 14.7. The highest BCUT2D eigenvalue weighted by Crippen LogP contribution is 2.18. The number of likely N-dealkylation sites (tertiary alicyclic amines) is 1. The maximum absolute atomic E-state index is 13.4. The second-order valence-corrected chi connectivity index (χ2v) is 4.55. The van der Waals surface area contributed by atoms with Gasteiger partial charge in [0, 0.05) is 12.1 Å². The predicted octanol–water partition coefficient (Wildman–Crippen LogP) is 1.72. The lowest BCUT2D eigenvalue weighted by Crippen LogP contribution is -2.45. The van der Waals surface area contributed by atoms with Gasteiger partial charge in [0.25, 0.3) is 0 Å². The van der Waals surface area contributed by atoms with Crippen molar-refractivity contribution in [3.63, 3.8) is 0 Å². The van der Waals surface area contributed by atoms with Crippen LogP contribution in [-0.2, 0) is 11.3 Å². The Bertz CT molecular complexity index is 516. The minimum atomic E-state index is -1.07. The van der Waals surface area contributed by atoms with E-state index in [4.69, 9.17) is 5.11 Å². The second-order valence-electron chi connectivity index (χ2n) is 4.55. The number of amides is 2. The number of rotatable bonds is 3. The summed E-state index contributed by atoms with van der Waals surface area (Å²) in [6.07, 6.45) is 0.981. The number of nitrogens with one attached hydrogen (secondary N) is 1. The molecule has 2 N–H and O–H groups in total. The molecular formula is C13H14F2N2O3. The first-order valence-corrected chi connectivity index (χ1v) is 6.21. The Morgan fingerprint density at radius 1 is 1.35 bits per heavy atom. The molecule has 2 rings (SSSR count). The summed E-state index contributed by atoms with van der Waals surface area (Å²) in [6, 6.07) is 1.93. The summed E-state index contributed by atoms with van der Waals surface area (Å²) in [5, 5.41) is 11.3. The van der Waals surface area contributed by atoms with Crippen LogP contribution in [-0.4, -0.2) is 34.6 Å². The number of carbonyl (C=O) groups is 2. The normalized spacial score (nSPS) is 18.1. The molecule has 108 valence electrons. The van der Waals surface area contributed by atoms with E-state index in [1.807, 2.05) is 0 Å². The van der Waals surface area contributed by atoms with Crippen LogP contribution in [0.3, 0.4) is 0 Å². The van der Waals surface area contributed by atoms with E-state index in [9.17, 15) is 18.4 Å². The first kappa shape index (κ1) is 14.2. The molecule has 0 aliphatic carbocycles. The molecule has 7 heteroatoms. The number of nitrogens with zero attached hydrogens (tertiary/aromatic N) is 1. The lowest BCUT2D eigenvalue weighted by atomic mass is 10.2. The van der Waals surface area contributed by atoms with Crippen LogP contribution < -0.4 is 5.32 Å². The highest BCUT2D eigenvalue weighted by molar-refractivity contribution is 5.83. The number of benzene rings is 1. The number of halogens is 2. The van der Waals surface area contributed by atoms with E-state index in [0.717, 1.165) is 12.1 Å². The fourth-order valence-corrected chi connectivity index (χ4v) is 2.23. The fraction of sp³-hybridized carbons (Fsp3) is 0.385. The summed E-state index contributed by atoms with van der Waals surface area (Å²) in [4.78, 5) is 24.0. The number of hydrogen-bond donors (Lipinski definition) is 2. The molecule has 0 radical (unpaired) electrons. The van der Waals surface area contributed by atoms with Crippen LogP contribution in [0.15, 0.2) is 18.2 Å². The van der Waals surface area contributed by atoms with Crippen molar-refractivity contribution in [2.24, 2.45) is 0 Å². The standard InChI is InChI=1S/C13H14F2N2O3/c14-9-3-1-4-10(15)8(9)7-16-13(20)17-6-2-5-11(17)12(18)19/h1,3-4,11H,2,5-7H2,(H,16,20)(H,18,19)/t11-/m0/s1. The number of urea groups is 1. The number of carboxylic acid groups (broad SMARTS) is 1. The van der Waals surface area contributed by atoms with Gasteiger partial charge in [0.05, 0.1) is 6.54 Å². The highest BCUT2D eigenvalue weighted by atomic mass is 19.1. The molecule has 1 aliphatic rings.